The Labute approximate surface area is 153 Å². The second kappa shape index (κ2) is 9.58. The molecule has 26 heavy (non-hydrogen) atoms. The van der Waals surface area contributed by atoms with E-state index in [1.165, 1.54) is 0 Å². The summed E-state index contributed by atoms with van der Waals surface area (Å²) >= 11 is 0. The SMILES string of the molecule is O=C(CO/N=C/c1ccc(OCc2ccccc2)cc1)N1CCOCC1. The Morgan fingerprint density at radius 2 is 1.81 bits per heavy atom. The lowest BCUT2D eigenvalue weighted by Gasteiger charge is -2.26. The van der Waals surface area contributed by atoms with E-state index >= 15 is 0 Å². The first kappa shape index (κ1) is 17.9. The summed E-state index contributed by atoms with van der Waals surface area (Å²) in [5.41, 5.74) is 1.99. The second-order valence-electron chi connectivity index (χ2n) is 5.84. The number of amides is 1. The van der Waals surface area contributed by atoms with E-state index in [-0.39, 0.29) is 12.5 Å². The van der Waals surface area contributed by atoms with Crippen molar-refractivity contribution in [3.63, 3.8) is 0 Å². The first-order valence-electron chi connectivity index (χ1n) is 8.59. The first-order valence-corrected chi connectivity index (χ1v) is 8.59. The van der Waals surface area contributed by atoms with Crippen LogP contribution in [0.4, 0.5) is 0 Å². The molecule has 0 aromatic heterocycles. The van der Waals surface area contributed by atoms with Gasteiger partial charge in [0.1, 0.15) is 12.4 Å². The predicted octanol–water partition coefficient (Wildman–Crippen LogP) is 2.47. The van der Waals surface area contributed by atoms with Crippen LogP contribution in [0.25, 0.3) is 0 Å². The lowest BCUT2D eigenvalue weighted by molar-refractivity contribution is -0.140. The highest BCUT2D eigenvalue weighted by Crippen LogP contribution is 2.13. The summed E-state index contributed by atoms with van der Waals surface area (Å²) in [6, 6.07) is 17.5. The van der Waals surface area contributed by atoms with Crippen molar-refractivity contribution in [2.45, 2.75) is 6.61 Å². The summed E-state index contributed by atoms with van der Waals surface area (Å²) < 4.78 is 10.9. The van der Waals surface area contributed by atoms with Gasteiger partial charge in [-0.2, -0.15) is 0 Å². The molecule has 1 aliphatic rings. The molecule has 0 unspecified atom stereocenters. The lowest BCUT2D eigenvalue weighted by Crippen LogP contribution is -2.42. The third-order valence-corrected chi connectivity index (χ3v) is 3.96. The Kier molecular flexibility index (Phi) is 6.61. The zero-order valence-corrected chi connectivity index (χ0v) is 14.5. The zero-order valence-electron chi connectivity index (χ0n) is 14.5. The molecule has 1 heterocycles. The summed E-state index contributed by atoms with van der Waals surface area (Å²) in [6.45, 7) is 2.84. The number of hydrogen-bond acceptors (Lipinski definition) is 5. The molecule has 0 N–H and O–H groups in total. The van der Waals surface area contributed by atoms with E-state index in [9.17, 15) is 4.79 Å². The van der Waals surface area contributed by atoms with Gasteiger partial charge in [0.15, 0.2) is 6.61 Å². The van der Waals surface area contributed by atoms with E-state index in [2.05, 4.69) is 5.16 Å². The Morgan fingerprint density at radius 3 is 2.54 bits per heavy atom. The quantitative estimate of drug-likeness (QED) is 0.566. The van der Waals surface area contributed by atoms with Crippen LogP contribution in [-0.2, 0) is 21.0 Å². The van der Waals surface area contributed by atoms with Crippen LogP contribution >= 0.6 is 0 Å². The molecule has 3 rings (SSSR count). The Hall–Kier alpha value is -2.86. The minimum Gasteiger partial charge on any atom is -0.489 e. The van der Waals surface area contributed by atoms with Crippen molar-refractivity contribution in [1.29, 1.82) is 0 Å². The fourth-order valence-corrected chi connectivity index (χ4v) is 2.49. The summed E-state index contributed by atoms with van der Waals surface area (Å²) in [5, 5.41) is 3.86. The van der Waals surface area contributed by atoms with Gasteiger partial charge in [-0.25, -0.2) is 0 Å². The molecule has 0 radical (unpaired) electrons. The summed E-state index contributed by atoms with van der Waals surface area (Å²) in [5.74, 6) is 0.713. The highest BCUT2D eigenvalue weighted by Gasteiger charge is 2.16. The van der Waals surface area contributed by atoms with E-state index in [0.29, 0.717) is 32.9 Å². The average Bonchev–Trinajstić information content (AvgIpc) is 2.72. The van der Waals surface area contributed by atoms with Crippen molar-refractivity contribution in [3.05, 3.63) is 65.7 Å². The maximum absolute atomic E-state index is 11.9. The van der Waals surface area contributed by atoms with Crippen LogP contribution in [0.15, 0.2) is 59.8 Å². The minimum absolute atomic E-state index is 0.0607. The molecule has 0 atom stereocenters. The van der Waals surface area contributed by atoms with Crippen molar-refractivity contribution in [3.8, 4) is 5.75 Å². The monoisotopic (exact) mass is 354 g/mol. The van der Waals surface area contributed by atoms with Crippen molar-refractivity contribution < 1.29 is 19.1 Å². The normalized spacial score (nSPS) is 14.4. The average molecular weight is 354 g/mol. The van der Waals surface area contributed by atoms with Crippen LogP contribution in [0.1, 0.15) is 11.1 Å². The third kappa shape index (κ3) is 5.60. The smallest absolute Gasteiger partial charge is 0.263 e. The van der Waals surface area contributed by atoms with Crippen molar-refractivity contribution in [2.24, 2.45) is 5.16 Å². The van der Waals surface area contributed by atoms with E-state index in [4.69, 9.17) is 14.3 Å². The predicted molar refractivity (Wildman–Crippen MR) is 98.2 cm³/mol. The number of carbonyl (C=O) groups is 1. The highest BCUT2D eigenvalue weighted by molar-refractivity contribution is 5.80. The van der Waals surface area contributed by atoms with Gasteiger partial charge < -0.3 is 19.2 Å². The maximum Gasteiger partial charge on any atom is 0.263 e. The second-order valence-corrected chi connectivity index (χ2v) is 5.84. The summed E-state index contributed by atoms with van der Waals surface area (Å²) in [4.78, 5) is 18.7. The molecule has 0 aliphatic carbocycles. The van der Waals surface area contributed by atoms with E-state index < -0.39 is 0 Å². The topological polar surface area (TPSA) is 60.4 Å². The third-order valence-electron chi connectivity index (χ3n) is 3.96. The Bertz CT molecular complexity index is 710. The van der Waals surface area contributed by atoms with Gasteiger partial charge in [0.2, 0.25) is 0 Å². The van der Waals surface area contributed by atoms with Crippen LogP contribution in [0.2, 0.25) is 0 Å². The van der Waals surface area contributed by atoms with E-state index in [1.807, 2.05) is 54.6 Å². The van der Waals surface area contributed by atoms with Gasteiger partial charge in [0.05, 0.1) is 19.4 Å². The summed E-state index contributed by atoms with van der Waals surface area (Å²) in [7, 11) is 0. The highest BCUT2D eigenvalue weighted by atomic mass is 16.6. The number of carbonyl (C=O) groups excluding carboxylic acids is 1. The molecule has 2 aromatic carbocycles. The Balaban J connectivity index is 1.40. The number of hydrogen-bond donors (Lipinski definition) is 0. The zero-order chi connectivity index (χ0) is 18.0. The molecular weight excluding hydrogens is 332 g/mol. The largest absolute Gasteiger partial charge is 0.489 e. The number of morpholine rings is 1. The fraction of sp³-hybridized carbons (Fsp3) is 0.300. The molecule has 2 aromatic rings. The van der Waals surface area contributed by atoms with Crippen LogP contribution in [0.5, 0.6) is 5.75 Å². The molecule has 6 nitrogen and oxygen atoms in total. The van der Waals surface area contributed by atoms with Crippen LogP contribution in [0, 0.1) is 0 Å². The first-order chi connectivity index (χ1) is 12.8. The number of ether oxygens (including phenoxy) is 2. The maximum atomic E-state index is 11.9. The van der Waals surface area contributed by atoms with E-state index in [0.717, 1.165) is 16.9 Å². The number of nitrogens with zero attached hydrogens (tertiary/aromatic N) is 2. The van der Waals surface area contributed by atoms with Crippen molar-refractivity contribution in [2.75, 3.05) is 32.9 Å². The molecular formula is C20H22N2O4. The number of benzene rings is 2. The van der Waals surface area contributed by atoms with E-state index in [1.54, 1.807) is 11.1 Å². The van der Waals surface area contributed by atoms with Crippen LogP contribution < -0.4 is 4.74 Å². The number of rotatable bonds is 7. The fourth-order valence-electron chi connectivity index (χ4n) is 2.49. The van der Waals surface area contributed by atoms with Gasteiger partial charge in [-0.05, 0) is 35.4 Å². The molecule has 1 saturated heterocycles. The molecule has 136 valence electrons. The van der Waals surface area contributed by atoms with Gasteiger partial charge in [0.25, 0.3) is 5.91 Å². The molecule has 0 spiro atoms. The van der Waals surface area contributed by atoms with Gasteiger partial charge in [0, 0.05) is 13.1 Å². The van der Waals surface area contributed by atoms with Gasteiger partial charge in [-0.3, -0.25) is 4.79 Å². The van der Waals surface area contributed by atoms with Crippen molar-refractivity contribution in [1.82, 2.24) is 4.90 Å². The molecule has 1 amide bonds. The van der Waals surface area contributed by atoms with Crippen LogP contribution in [-0.4, -0.2) is 49.9 Å². The standard InChI is InChI=1S/C20H22N2O4/c23-20(22-10-12-24-13-11-22)16-26-21-14-17-6-8-19(9-7-17)25-15-18-4-2-1-3-5-18/h1-9,14H,10-13,15-16H2/b21-14+. The van der Waals surface area contributed by atoms with Gasteiger partial charge in [-0.15, -0.1) is 0 Å². The number of oxime groups is 1. The van der Waals surface area contributed by atoms with Crippen LogP contribution in [0.3, 0.4) is 0 Å². The molecule has 6 heteroatoms. The lowest BCUT2D eigenvalue weighted by atomic mass is 10.2. The molecule has 1 fully saturated rings. The minimum atomic E-state index is -0.0740. The van der Waals surface area contributed by atoms with Gasteiger partial charge in [-0.1, -0.05) is 35.5 Å². The Morgan fingerprint density at radius 1 is 1.08 bits per heavy atom. The molecule has 1 aliphatic heterocycles. The van der Waals surface area contributed by atoms with Gasteiger partial charge >= 0.3 is 0 Å². The van der Waals surface area contributed by atoms with Crippen molar-refractivity contribution >= 4 is 12.1 Å². The molecule has 0 saturated carbocycles. The summed E-state index contributed by atoms with van der Waals surface area (Å²) in [6.07, 6.45) is 1.58. The molecule has 0 bridgehead atoms.